The predicted molar refractivity (Wildman–Crippen MR) is 81.3 cm³/mol. The molecule has 0 atom stereocenters. The maximum Gasteiger partial charge on any atom is 0.194 e. The van der Waals surface area contributed by atoms with Crippen molar-refractivity contribution in [1.82, 2.24) is 9.38 Å². The Morgan fingerprint density at radius 3 is 3.00 bits per heavy atom. The minimum absolute atomic E-state index is 0.741. The van der Waals surface area contributed by atoms with Gasteiger partial charge in [-0.15, -0.1) is 11.3 Å². The summed E-state index contributed by atoms with van der Waals surface area (Å²) >= 11 is 7.66. The Morgan fingerprint density at radius 1 is 1.37 bits per heavy atom. The molecule has 1 aromatic carbocycles. The van der Waals surface area contributed by atoms with E-state index in [1.165, 1.54) is 11.4 Å². The molecule has 5 heteroatoms. The standard InChI is InChI=1S/C14H14ClN3S/c1-9-8-19-14-17-10(2)13(18(9)14)7-16-12-5-3-4-11(15)6-12/h3-6,8,16H,7H2,1-2H3. The molecule has 98 valence electrons. The molecule has 3 rings (SSSR count). The van der Waals surface area contributed by atoms with Gasteiger partial charge in [-0.25, -0.2) is 4.98 Å². The van der Waals surface area contributed by atoms with Gasteiger partial charge < -0.3 is 5.32 Å². The molecule has 0 aliphatic carbocycles. The first-order chi connectivity index (χ1) is 9.15. The minimum atomic E-state index is 0.741. The Balaban J connectivity index is 1.89. The Hall–Kier alpha value is -1.52. The van der Waals surface area contributed by atoms with E-state index in [9.17, 15) is 0 Å². The van der Waals surface area contributed by atoms with Crippen LogP contribution in [0.1, 0.15) is 17.1 Å². The number of rotatable bonds is 3. The van der Waals surface area contributed by atoms with Crippen LogP contribution in [0.3, 0.4) is 0 Å². The normalized spacial score (nSPS) is 11.1. The van der Waals surface area contributed by atoms with Gasteiger partial charge in [0, 0.05) is 21.8 Å². The Morgan fingerprint density at radius 2 is 2.21 bits per heavy atom. The Bertz CT molecular complexity index is 729. The molecule has 0 saturated carbocycles. The number of aryl methyl sites for hydroxylation is 2. The third kappa shape index (κ3) is 2.33. The van der Waals surface area contributed by atoms with Crippen LogP contribution >= 0.6 is 22.9 Å². The quantitative estimate of drug-likeness (QED) is 0.780. The molecule has 1 N–H and O–H groups in total. The Kier molecular flexibility index (Phi) is 3.21. The molecule has 0 saturated heterocycles. The van der Waals surface area contributed by atoms with Crippen LogP contribution in [-0.4, -0.2) is 9.38 Å². The van der Waals surface area contributed by atoms with Gasteiger partial charge in [0.15, 0.2) is 4.96 Å². The molecule has 0 unspecified atom stereocenters. The molecule has 2 aromatic heterocycles. The second-order valence-corrected chi connectivity index (χ2v) is 5.78. The van der Waals surface area contributed by atoms with Crippen molar-refractivity contribution in [3.05, 3.63) is 51.7 Å². The monoisotopic (exact) mass is 291 g/mol. The molecule has 3 nitrogen and oxygen atoms in total. The number of hydrogen-bond acceptors (Lipinski definition) is 3. The van der Waals surface area contributed by atoms with Gasteiger partial charge in [-0.1, -0.05) is 17.7 Å². The van der Waals surface area contributed by atoms with Gasteiger partial charge in [0.2, 0.25) is 0 Å². The summed E-state index contributed by atoms with van der Waals surface area (Å²) in [4.78, 5) is 5.63. The SMILES string of the molecule is Cc1nc2scc(C)n2c1CNc1cccc(Cl)c1. The summed E-state index contributed by atoms with van der Waals surface area (Å²) in [5, 5.41) is 6.27. The number of hydrogen-bond donors (Lipinski definition) is 1. The molecule has 0 amide bonds. The fourth-order valence-corrected chi connectivity index (χ4v) is 3.28. The minimum Gasteiger partial charge on any atom is -0.379 e. The van der Waals surface area contributed by atoms with Gasteiger partial charge in [0.05, 0.1) is 17.9 Å². The van der Waals surface area contributed by atoms with Gasteiger partial charge in [0.25, 0.3) is 0 Å². The van der Waals surface area contributed by atoms with E-state index in [1.54, 1.807) is 11.3 Å². The number of imidazole rings is 1. The molecule has 19 heavy (non-hydrogen) atoms. The molecule has 3 aromatic rings. The van der Waals surface area contributed by atoms with Crippen LogP contribution in [-0.2, 0) is 6.54 Å². The number of thiazole rings is 1. The Labute approximate surface area is 120 Å². The molecule has 0 aliphatic heterocycles. The van der Waals surface area contributed by atoms with Crippen LogP contribution < -0.4 is 5.32 Å². The van der Waals surface area contributed by atoms with Gasteiger partial charge in [0.1, 0.15) is 0 Å². The molecule has 0 aliphatic rings. The molecule has 2 heterocycles. The van der Waals surface area contributed by atoms with E-state index >= 15 is 0 Å². The highest BCUT2D eigenvalue weighted by Crippen LogP contribution is 2.22. The zero-order chi connectivity index (χ0) is 13.4. The van der Waals surface area contributed by atoms with Crippen molar-refractivity contribution < 1.29 is 0 Å². The van der Waals surface area contributed by atoms with Gasteiger partial charge in [-0.05, 0) is 32.0 Å². The number of nitrogens with one attached hydrogen (secondary N) is 1. The number of fused-ring (bicyclic) bond motifs is 1. The first kappa shape index (κ1) is 12.5. The van der Waals surface area contributed by atoms with Crippen molar-refractivity contribution in [3.8, 4) is 0 Å². The first-order valence-corrected chi connectivity index (χ1v) is 7.32. The third-order valence-corrected chi connectivity index (χ3v) is 4.29. The summed E-state index contributed by atoms with van der Waals surface area (Å²) in [6.07, 6.45) is 0. The van der Waals surface area contributed by atoms with Gasteiger partial charge in [-0.3, -0.25) is 4.40 Å². The van der Waals surface area contributed by atoms with Gasteiger partial charge in [-0.2, -0.15) is 0 Å². The van der Waals surface area contributed by atoms with E-state index in [4.69, 9.17) is 11.6 Å². The van der Waals surface area contributed by atoms with Gasteiger partial charge >= 0.3 is 0 Å². The lowest BCUT2D eigenvalue weighted by Crippen LogP contribution is -2.04. The van der Waals surface area contributed by atoms with Crippen LogP contribution in [0.5, 0.6) is 0 Å². The zero-order valence-electron chi connectivity index (χ0n) is 10.8. The van der Waals surface area contributed by atoms with E-state index in [-0.39, 0.29) is 0 Å². The lowest BCUT2D eigenvalue weighted by molar-refractivity contribution is 0.966. The van der Waals surface area contributed by atoms with Crippen molar-refractivity contribution >= 4 is 33.6 Å². The van der Waals surface area contributed by atoms with E-state index < -0.39 is 0 Å². The zero-order valence-corrected chi connectivity index (χ0v) is 12.3. The van der Waals surface area contributed by atoms with Crippen molar-refractivity contribution in [2.24, 2.45) is 0 Å². The second kappa shape index (κ2) is 4.87. The maximum atomic E-state index is 5.98. The van der Waals surface area contributed by atoms with Crippen LogP contribution in [0, 0.1) is 13.8 Å². The summed E-state index contributed by atoms with van der Waals surface area (Å²) in [6, 6.07) is 7.76. The molecule has 0 bridgehead atoms. The van der Waals surface area contributed by atoms with E-state index in [0.717, 1.165) is 27.9 Å². The summed E-state index contributed by atoms with van der Waals surface area (Å²) in [6.45, 7) is 4.90. The maximum absolute atomic E-state index is 5.98. The van der Waals surface area contributed by atoms with Crippen molar-refractivity contribution in [2.45, 2.75) is 20.4 Å². The smallest absolute Gasteiger partial charge is 0.194 e. The lowest BCUT2D eigenvalue weighted by atomic mass is 10.3. The number of anilines is 1. The van der Waals surface area contributed by atoms with Crippen LogP contribution in [0.15, 0.2) is 29.6 Å². The topological polar surface area (TPSA) is 29.3 Å². The van der Waals surface area contributed by atoms with E-state index in [2.05, 4.69) is 27.0 Å². The number of nitrogens with zero attached hydrogens (tertiary/aromatic N) is 2. The molecular weight excluding hydrogens is 278 g/mol. The molecule has 0 fully saturated rings. The largest absolute Gasteiger partial charge is 0.379 e. The van der Waals surface area contributed by atoms with Crippen LogP contribution in [0.2, 0.25) is 5.02 Å². The number of aromatic nitrogens is 2. The highest BCUT2D eigenvalue weighted by atomic mass is 35.5. The summed E-state index contributed by atoms with van der Waals surface area (Å²) in [5.41, 5.74) is 4.52. The fraction of sp³-hybridized carbons (Fsp3) is 0.214. The van der Waals surface area contributed by atoms with E-state index in [1.807, 2.05) is 31.2 Å². The van der Waals surface area contributed by atoms with Crippen LogP contribution in [0.25, 0.3) is 4.96 Å². The highest BCUT2D eigenvalue weighted by Gasteiger charge is 2.11. The highest BCUT2D eigenvalue weighted by molar-refractivity contribution is 7.15. The summed E-state index contributed by atoms with van der Waals surface area (Å²) < 4.78 is 2.21. The average Bonchev–Trinajstić information content (AvgIpc) is 2.87. The molecular formula is C14H14ClN3S. The fourth-order valence-electron chi connectivity index (χ4n) is 2.16. The van der Waals surface area contributed by atoms with Crippen molar-refractivity contribution in [1.29, 1.82) is 0 Å². The molecule has 0 radical (unpaired) electrons. The summed E-state index contributed by atoms with van der Waals surface area (Å²) in [5.74, 6) is 0. The van der Waals surface area contributed by atoms with Crippen molar-refractivity contribution in [2.75, 3.05) is 5.32 Å². The summed E-state index contributed by atoms with van der Waals surface area (Å²) in [7, 11) is 0. The van der Waals surface area contributed by atoms with E-state index in [0.29, 0.717) is 0 Å². The number of benzene rings is 1. The number of halogens is 1. The van der Waals surface area contributed by atoms with Crippen molar-refractivity contribution in [3.63, 3.8) is 0 Å². The first-order valence-electron chi connectivity index (χ1n) is 6.06. The van der Waals surface area contributed by atoms with Crippen LogP contribution in [0.4, 0.5) is 5.69 Å². The second-order valence-electron chi connectivity index (χ2n) is 4.50. The lowest BCUT2D eigenvalue weighted by Gasteiger charge is -2.07. The molecule has 0 spiro atoms. The third-order valence-electron chi connectivity index (χ3n) is 3.11. The average molecular weight is 292 g/mol. The predicted octanol–water partition coefficient (Wildman–Crippen LogP) is 4.28.